The van der Waals surface area contributed by atoms with Gasteiger partial charge in [0.1, 0.15) is 5.69 Å². The molecule has 6 nitrogen and oxygen atoms in total. The number of methoxy groups -OCH3 is 1. The molecular weight excluding hydrogens is 386 g/mol. The van der Waals surface area contributed by atoms with E-state index in [4.69, 9.17) is 4.74 Å². The molecule has 1 aliphatic rings. The number of ether oxygens (including phenoxy) is 1. The van der Waals surface area contributed by atoms with Crippen molar-refractivity contribution in [1.82, 2.24) is 10.3 Å². The lowest BCUT2D eigenvalue weighted by atomic mass is 10.1. The van der Waals surface area contributed by atoms with E-state index in [1.807, 2.05) is 19.1 Å². The average molecular weight is 416 g/mol. The molecule has 3 rings (SSSR count). The number of nitroso groups, excluding NO2 is 1. The predicted octanol–water partition coefficient (Wildman–Crippen LogP) is 5.39. The van der Waals surface area contributed by atoms with Gasteiger partial charge in [-0.1, -0.05) is 31.0 Å². The largest absolute Gasteiger partial charge is 0.481 e. The number of nitrogens with zero attached hydrogens (tertiary/aromatic N) is 2. The Morgan fingerprint density at radius 3 is 2.66 bits per heavy atom. The third-order valence-corrected chi connectivity index (χ3v) is 4.98. The summed E-state index contributed by atoms with van der Waals surface area (Å²) in [5, 5.41) is 5.96. The Morgan fingerprint density at radius 1 is 1.34 bits per heavy atom. The van der Waals surface area contributed by atoms with E-state index in [1.54, 1.807) is 31.4 Å². The van der Waals surface area contributed by atoms with Crippen LogP contribution in [0.5, 0.6) is 5.88 Å². The monoisotopic (exact) mass is 415 g/mol. The van der Waals surface area contributed by atoms with Gasteiger partial charge in [0, 0.05) is 6.07 Å². The van der Waals surface area contributed by atoms with Crippen molar-refractivity contribution < 1.29 is 9.53 Å². The van der Waals surface area contributed by atoms with E-state index < -0.39 is 0 Å². The van der Waals surface area contributed by atoms with Crippen molar-refractivity contribution in [1.29, 1.82) is 0 Å². The van der Waals surface area contributed by atoms with Crippen molar-refractivity contribution >= 4 is 24.2 Å². The molecule has 1 aromatic heterocycles. The van der Waals surface area contributed by atoms with Gasteiger partial charge in [-0.2, -0.15) is 12.6 Å². The Bertz CT molecular complexity index is 823. The summed E-state index contributed by atoms with van der Waals surface area (Å²) in [5.41, 5.74) is 2.10. The van der Waals surface area contributed by atoms with Gasteiger partial charge in [-0.05, 0) is 61.2 Å². The fourth-order valence-corrected chi connectivity index (χ4v) is 3.19. The Hall–Kier alpha value is -2.41. The van der Waals surface area contributed by atoms with E-state index in [2.05, 4.69) is 35.0 Å². The second kappa shape index (κ2) is 11.6. The second-order valence-corrected chi connectivity index (χ2v) is 7.53. The Balaban J connectivity index is 0.000000537. The van der Waals surface area contributed by atoms with Crippen LogP contribution in [0.3, 0.4) is 0 Å². The highest BCUT2D eigenvalue weighted by molar-refractivity contribution is 7.80. The Kier molecular flexibility index (Phi) is 9.12. The zero-order chi connectivity index (χ0) is 21.2. The van der Waals surface area contributed by atoms with Gasteiger partial charge in [-0.3, -0.25) is 4.79 Å². The lowest BCUT2D eigenvalue weighted by molar-refractivity contribution is 0.0931. The maximum absolute atomic E-state index is 12.7. The van der Waals surface area contributed by atoms with Crippen molar-refractivity contribution in [2.75, 3.05) is 12.9 Å². The maximum atomic E-state index is 12.7. The van der Waals surface area contributed by atoms with Gasteiger partial charge in [0.2, 0.25) is 5.88 Å². The highest BCUT2D eigenvalue weighted by Gasteiger charge is 2.35. The van der Waals surface area contributed by atoms with E-state index in [1.165, 1.54) is 12.8 Å². The first kappa shape index (κ1) is 22.9. The van der Waals surface area contributed by atoms with Gasteiger partial charge in [0.15, 0.2) is 0 Å². The molecule has 0 saturated heterocycles. The summed E-state index contributed by atoms with van der Waals surface area (Å²) in [6.45, 7) is 4.03. The van der Waals surface area contributed by atoms with E-state index in [9.17, 15) is 9.70 Å². The first-order chi connectivity index (χ1) is 14.0. The van der Waals surface area contributed by atoms with Gasteiger partial charge in [-0.25, -0.2) is 4.98 Å². The molecule has 0 spiro atoms. The lowest BCUT2D eigenvalue weighted by Crippen LogP contribution is -2.30. The summed E-state index contributed by atoms with van der Waals surface area (Å²) in [7, 11) is 1.56. The predicted molar refractivity (Wildman–Crippen MR) is 119 cm³/mol. The number of aromatic nitrogens is 1. The van der Waals surface area contributed by atoms with Crippen LogP contribution in [0.4, 0.5) is 5.69 Å². The number of nitrogens with one attached hydrogen (secondary N) is 1. The summed E-state index contributed by atoms with van der Waals surface area (Å²) >= 11 is 4.00. The summed E-state index contributed by atoms with van der Waals surface area (Å²) < 4.78 is 5.17. The minimum Gasteiger partial charge on any atom is -0.481 e. The molecule has 7 heteroatoms. The highest BCUT2D eigenvalue weighted by atomic mass is 32.1. The molecule has 156 valence electrons. The zero-order valence-corrected chi connectivity index (χ0v) is 18.1. The Labute approximate surface area is 177 Å². The first-order valence-corrected chi connectivity index (χ1v) is 10.5. The summed E-state index contributed by atoms with van der Waals surface area (Å²) in [5.74, 6) is 1.59. The van der Waals surface area contributed by atoms with Gasteiger partial charge in [0.05, 0.1) is 24.4 Å². The molecule has 1 atom stereocenters. The number of hydrogen-bond acceptors (Lipinski definition) is 6. The molecule has 2 aromatic rings. The van der Waals surface area contributed by atoms with Gasteiger partial charge >= 0.3 is 0 Å². The Morgan fingerprint density at radius 2 is 2.10 bits per heavy atom. The molecule has 1 unspecified atom stereocenters. The van der Waals surface area contributed by atoms with Crippen LogP contribution in [0.15, 0.2) is 41.6 Å². The number of amides is 1. The minimum atomic E-state index is -0.310. The molecule has 1 heterocycles. The molecule has 0 radical (unpaired) electrons. The maximum Gasteiger partial charge on any atom is 0.254 e. The number of thiol groups is 1. The summed E-state index contributed by atoms with van der Waals surface area (Å²) in [6, 6.07) is 10.3. The quantitative estimate of drug-likeness (QED) is 0.447. The molecule has 1 aromatic carbocycles. The smallest absolute Gasteiger partial charge is 0.254 e. The van der Waals surface area contributed by atoms with Gasteiger partial charge < -0.3 is 10.1 Å². The van der Waals surface area contributed by atoms with E-state index in [0.29, 0.717) is 17.4 Å². The number of rotatable bonds is 8. The van der Waals surface area contributed by atoms with Crippen molar-refractivity contribution in [2.45, 2.75) is 45.6 Å². The van der Waals surface area contributed by atoms with E-state index in [0.717, 1.165) is 29.9 Å². The van der Waals surface area contributed by atoms with E-state index in [-0.39, 0.29) is 17.6 Å². The summed E-state index contributed by atoms with van der Waals surface area (Å²) in [6.07, 6.45) is 4.60. The van der Waals surface area contributed by atoms with Gasteiger partial charge in [0.25, 0.3) is 5.91 Å². The number of carbonyl (C=O) groups is 1. The highest BCUT2D eigenvalue weighted by Crippen LogP contribution is 2.41. The number of pyridine rings is 1. The van der Waals surface area contributed by atoms with Crippen LogP contribution in [0.1, 0.15) is 60.3 Å². The minimum absolute atomic E-state index is 0.145. The number of aryl methyl sites for hydroxylation is 1. The van der Waals surface area contributed by atoms with Crippen LogP contribution in [0.25, 0.3) is 0 Å². The molecule has 1 amide bonds. The molecule has 0 aliphatic heterocycles. The fraction of sp³-hybridized carbons (Fsp3) is 0.455. The number of carbonyl (C=O) groups excluding carboxylic acids is 1. The van der Waals surface area contributed by atoms with Crippen molar-refractivity contribution in [3.05, 3.63) is 58.1 Å². The molecule has 1 aliphatic carbocycles. The van der Waals surface area contributed by atoms with Crippen LogP contribution in [-0.4, -0.2) is 23.8 Å². The lowest BCUT2D eigenvalue weighted by Gasteiger charge is -2.19. The molecule has 1 N–H and O–H groups in total. The molecular formula is C22H29N3O3S. The second-order valence-electron chi connectivity index (χ2n) is 7.08. The number of unbranched alkanes of at least 4 members (excludes halogenated alkanes) is 1. The molecule has 1 saturated carbocycles. The topological polar surface area (TPSA) is 80.6 Å². The third-order valence-electron chi connectivity index (χ3n) is 4.66. The van der Waals surface area contributed by atoms with Crippen LogP contribution in [0.2, 0.25) is 0 Å². The van der Waals surface area contributed by atoms with Crippen LogP contribution in [0, 0.1) is 17.7 Å². The molecule has 29 heavy (non-hydrogen) atoms. The SMILES string of the molecule is CCCCS.COc1cccc(C(NC(=O)c2cc(C)ccc2N=O)C2CC2)n1. The summed E-state index contributed by atoms with van der Waals surface area (Å²) in [4.78, 5) is 28.1. The standard InChI is InChI=1S/C18H19N3O3.C4H10S/c1-11-6-9-14(21-23)13(10-11)18(22)20-17(12-7-8-12)15-4-3-5-16(19-15)24-2;1-2-3-4-5/h3-6,9-10,12,17H,7-8H2,1-2H3,(H,20,22);5H,2-4H2,1H3. The fourth-order valence-electron chi connectivity index (χ4n) is 2.87. The third kappa shape index (κ3) is 6.85. The normalized spacial score (nSPS) is 13.7. The average Bonchev–Trinajstić information content (AvgIpc) is 3.58. The van der Waals surface area contributed by atoms with Gasteiger partial charge in [-0.15, -0.1) is 4.91 Å². The van der Waals surface area contributed by atoms with E-state index >= 15 is 0 Å². The van der Waals surface area contributed by atoms with Crippen molar-refractivity contribution in [3.8, 4) is 5.88 Å². The van der Waals surface area contributed by atoms with Crippen LogP contribution < -0.4 is 10.1 Å². The molecule has 1 fully saturated rings. The first-order valence-electron chi connectivity index (χ1n) is 9.90. The van der Waals surface area contributed by atoms with Crippen molar-refractivity contribution in [2.24, 2.45) is 11.1 Å². The van der Waals surface area contributed by atoms with Crippen molar-refractivity contribution in [3.63, 3.8) is 0 Å². The molecule has 0 bridgehead atoms. The van der Waals surface area contributed by atoms with Crippen LogP contribution in [-0.2, 0) is 0 Å². The number of hydrogen-bond donors (Lipinski definition) is 2. The number of benzene rings is 1. The zero-order valence-electron chi connectivity index (χ0n) is 17.2. The van der Waals surface area contributed by atoms with Crippen LogP contribution >= 0.6 is 12.6 Å².